The van der Waals surface area contributed by atoms with E-state index in [1.807, 2.05) is 54.6 Å². The van der Waals surface area contributed by atoms with Gasteiger partial charge in [-0.15, -0.1) is 11.3 Å². The van der Waals surface area contributed by atoms with Gasteiger partial charge in [0.15, 0.2) is 0 Å². The van der Waals surface area contributed by atoms with Crippen LogP contribution in [0.3, 0.4) is 0 Å². The first-order valence-corrected chi connectivity index (χ1v) is 10.3. The Morgan fingerprint density at radius 1 is 1.00 bits per heavy atom. The van der Waals surface area contributed by atoms with Gasteiger partial charge in [-0.05, 0) is 29.3 Å². The maximum Gasteiger partial charge on any atom is 0.332 e. The highest BCUT2D eigenvalue weighted by Gasteiger charge is 2.14. The molecule has 150 valence electrons. The van der Waals surface area contributed by atoms with Crippen molar-refractivity contribution < 1.29 is 4.74 Å². The van der Waals surface area contributed by atoms with Gasteiger partial charge in [-0.3, -0.25) is 13.9 Å². The maximum absolute atomic E-state index is 13.0. The second-order valence-electron chi connectivity index (χ2n) is 6.88. The highest BCUT2D eigenvalue weighted by molar-refractivity contribution is 7.19. The summed E-state index contributed by atoms with van der Waals surface area (Å²) in [4.78, 5) is 27.1. The number of aryl methyl sites for hydroxylation is 1. The highest BCUT2D eigenvalue weighted by atomic mass is 32.1. The van der Waals surface area contributed by atoms with Crippen LogP contribution in [0.2, 0.25) is 0 Å². The Bertz CT molecular complexity index is 1390. The van der Waals surface area contributed by atoms with Gasteiger partial charge < -0.3 is 4.74 Å². The molecule has 0 saturated heterocycles. The lowest BCUT2D eigenvalue weighted by molar-refractivity contribution is 0.414. The molecule has 0 N–H and O–H groups in total. The zero-order valence-electron chi connectivity index (χ0n) is 16.7. The molecule has 4 rings (SSSR count). The summed E-state index contributed by atoms with van der Waals surface area (Å²) >= 11 is 1.36. The van der Waals surface area contributed by atoms with Crippen molar-refractivity contribution in [1.82, 2.24) is 9.13 Å². The van der Waals surface area contributed by atoms with E-state index in [0.29, 0.717) is 16.6 Å². The van der Waals surface area contributed by atoms with E-state index in [4.69, 9.17) is 4.74 Å². The molecule has 4 aromatic rings. The van der Waals surface area contributed by atoms with Crippen LogP contribution in [0.15, 0.2) is 70.3 Å². The van der Waals surface area contributed by atoms with Crippen LogP contribution in [0.5, 0.6) is 5.75 Å². The van der Waals surface area contributed by atoms with Crippen molar-refractivity contribution in [3.63, 3.8) is 0 Å². The minimum atomic E-state index is -0.325. The van der Waals surface area contributed by atoms with E-state index < -0.39 is 0 Å². The van der Waals surface area contributed by atoms with Crippen molar-refractivity contribution in [3.05, 3.63) is 97.5 Å². The number of benzene rings is 2. The first kappa shape index (κ1) is 19.7. The third-order valence-electron chi connectivity index (χ3n) is 4.83. The first-order chi connectivity index (χ1) is 14.6. The van der Waals surface area contributed by atoms with Gasteiger partial charge in [-0.1, -0.05) is 54.3 Å². The van der Waals surface area contributed by atoms with Crippen molar-refractivity contribution in [2.75, 3.05) is 7.11 Å². The lowest BCUT2D eigenvalue weighted by Crippen LogP contribution is -2.38. The van der Waals surface area contributed by atoms with E-state index in [9.17, 15) is 9.59 Å². The molecule has 0 fully saturated rings. The minimum Gasteiger partial charge on any atom is -0.497 e. The molecule has 0 radical (unpaired) electrons. The molecule has 0 atom stereocenters. The van der Waals surface area contributed by atoms with Gasteiger partial charge in [0, 0.05) is 13.5 Å². The molecule has 0 bridgehead atoms. The summed E-state index contributed by atoms with van der Waals surface area (Å²) < 4.78 is 8.04. The molecule has 5 nitrogen and oxygen atoms in total. The third kappa shape index (κ3) is 3.93. The standard InChI is InChI=1S/C24H20N2O3S/c1-25-23-21(22(27)26(24(25)28)16-18-8-4-3-5-9-18)15-20(30-23)13-7-11-17-10-6-12-19(14-17)29-2/h3-6,8-10,12,14-15H,11,16H2,1-2H3. The van der Waals surface area contributed by atoms with E-state index in [1.165, 1.54) is 20.5 Å². The Kier molecular flexibility index (Phi) is 5.55. The average molecular weight is 417 g/mol. The zero-order valence-corrected chi connectivity index (χ0v) is 17.5. The predicted molar refractivity (Wildman–Crippen MR) is 120 cm³/mol. The molecule has 2 heterocycles. The van der Waals surface area contributed by atoms with Crippen LogP contribution in [0.25, 0.3) is 10.2 Å². The molecular formula is C24H20N2O3S. The Labute approximate surface area is 177 Å². The van der Waals surface area contributed by atoms with Crippen LogP contribution in [-0.2, 0) is 20.0 Å². The SMILES string of the molecule is COc1cccc(CC#Cc2cc3c(=O)n(Cc4ccccc4)c(=O)n(C)c3s2)c1. The van der Waals surface area contributed by atoms with Crippen LogP contribution in [0.4, 0.5) is 0 Å². The lowest BCUT2D eigenvalue weighted by atomic mass is 10.1. The number of fused-ring (bicyclic) bond motifs is 1. The molecule has 2 aromatic heterocycles. The largest absolute Gasteiger partial charge is 0.497 e. The van der Waals surface area contributed by atoms with Gasteiger partial charge in [-0.25, -0.2) is 4.79 Å². The van der Waals surface area contributed by atoms with E-state index >= 15 is 0 Å². The quantitative estimate of drug-likeness (QED) is 0.479. The molecule has 0 aliphatic carbocycles. The summed E-state index contributed by atoms with van der Waals surface area (Å²) in [7, 11) is 3.33. The number of aromatic nitrogens is 2. The lowest BCUT2D eigenvalue weighted by Gasteiger charge is -2.08. The summed E-state index contributed by atoms with van der Waals surface area (Å²) in [5.41, 5.74) is 1.35. The second kappa shape index (κ2) is 8.44. The monoisotopic (exact) mass is 416 g/mol. The number of hydrogen-bond donors (Lipinski definition) is 0. The first-order valence-electron chi connectivity index (χ1n) is 9.46. The fourth-order valence-corrected chi connectivity index (χ4v) is 4.25. The van der Waals surface area contributed by atoms with E-state index in [1.54, 1.807) is 20.2 Å². The predicted octanol–water partition coefficient (Wildman–Crippen LogP) is 3.41. The fourth-order valence-electron chi connectivity index (χ4n) is 3.27. The van der Waals surface area contributed by atoms with Crippen molar-refractivity contribution in [3.8, 4) is 17.6 Å². The van der Waals surface area contributed by atoms with Crippen molar-refractivity contribution >= 4 is 21.6 Å². The number of nitrogens with zero attached hydrogens (tertiary/aromatic N) is 2. The Morgan fingerprint density at radius 2 is 1.77 bits per heavy atom. The molecule has 0 aliphatic heterocycles. The van der Waals surface area contributed by atoms with Crippen LogP contribution < -0.4 is 16.0 Å². The summed E-state index contributed by atoms with van der Waals surface area (Å²) in [6.45, 7) is 0.245. The highest BCUT2D eigenvalue weighted by Crippen LogP contribution is 2.21. The topological polar surface area (TPSA) is 53.2 Å². The number of methoxy groups -OCH3 is 1. The van der Waals surface area contributed by atoms with E-state index in [-0.39, 0.29) is 17.8 Å². The second-order valence-corrected chi connectivity index (χ2v) is 7.91. The normalized spacial score (nSPS) is 10.6. The number of ether oxygens (including phenoxy) is 1. The van der Waals surface area contributed by atoms with Gasteiger partial charge >= 0.3 is 5.69 Å². The van der Waals surface area contributed by atoms with Crippen molar-refractivity contribution in [1.29, 1.82) is 0 Å². The Morgan fingerprint density at radius 3 is 2.53 bits per heavy atom. The van der Waals surface area contributed by atoms with Crippen molar-refractivity contribution in [2.45, 2.75) is 13.0 Å². The van der Waals surface area contributed by atoms with Gasteiger partial charge in [0.25, 0.3) is 5.56 Å². The molecule has 0 unspecified atom stereocenters. The van der Waals surface area contributed by atoms with Gasteiger partial charge in [-0.2, -0.15) is 0 Å². The maximum atomic E-state index is 13.0. The van der Waals surface area contributed by atoms with Crippen LogP contribution in [0, 0.1) is 11.8 Å². The third-order valence-corrected chi connectivity index (χ3v) is 5.96. The van der Waals surface area contributed by atoms with Gasteiger partial charge in [0.2, 0.25) is 0 Å². The smallest absolute Gasteiger partial charge is 0.332 e. The number of thiophene rings is 1. The van der Waals surface area contributed by atoms with Crippen molar-refractivity contribution in [2.24, 2.45) is 7.05 Å². The molecule has 0 spiro atoms. The van der Waals surface area contributed by atoms with Crippen LogP contribution in [0.1, 0.15) is 16.0 Å². The number of rotatable bonds is 4. The summed E-state index contributed by atoms with van der Waals surface area (Å²) in [6.07, 6.45) is 0.572. The van der Waals surface area contributed by atoms with E-state index in [0.717, 1.165) is 21.8 Å². The molecule has 0 amide bonds. The fraction of sp³-hybridized carbons (Fsp3) is 0.167. The minimum absolute atomic E-state index is 0.245. The summed E-state index contributed by atoms with van der Waals surface area (Å²) in [5.74, 6) is 7.07. The molecule has 0 saturated carbocycles. The summed E-state index contributed by atoms with van der Waals surface area (Å²) in [6, 6.07) is 19.0. The zero-order chi connectivity index (χ0) is 21.1. The Hall–Kier alpha value is -3.56. The molecule has 2 aromatic carbocycles. The molecule has 30 heavy (non-hydrogen) atoms. The molecular weight excluding hydrogens is 396 g/mol. The van der Waals surface area contributed by atoms with E-state index in [2.05, 4.69) is 11.8 Å². The van der Waals surface area contributed by atoms with Crippen LogP contribution >= 0.6 is 11.3 Å². The number of hydrogen-bond acceptors (Lipinski definition) is 4. The van der Waals surface area contributed by atoms with Gasteiger partial charge in [0.05, 0.1) is 23.9 Å². The van der Waals surface area contributed by atoms with Crippen LogP contribution in [-0.4, -0.2) is 16.2 Å². The average Bonchev–Trinajstić information content (AvgIpc) is 3.21. The summed E-state index contributed by atoms with van der Waals surface area (Å²) in [5, 5.41) is 0.517. The Balaban J connectivity index is 1.68. The van der Waals surface area contributed by atoms with Gasteiger partial charge in [0.1, 0.15) is 10.6 Å². The molecule has 0 aliphatic rings. The molecule has 6 heteroatoms.